The lowest BCUT2D eigenvalue weighted by atomic mass is 10.2. The Labute approximate surface area is 110 Å². The maximum atomic E-state index is 13.1. The molecule has 2 rings (SSSR count). The third-order valence-corrected chi connectivity index (χ3v) is 2.83. The number of aryl methyl sites for hydroxylation is 1. The highest BCUT2D eigenvalue weighted by atomic mass is 35.5. The van der Waals surface area contributed by atoms with Crippen molar-refractivity contribution < 1.29 is 9.13 Å². The molecule has 0 saturated carbocycles. The molecular formula is C14H13ClFNO. The van der Waals surface area contributed by atoms with Crippen molar-refractivity contribution in [2.24, 2.45) is 5.73 Å². The van der Waals surface area contributed by atoms with Crippen molar-refractivity contribution in [3.8, 4) is 11.5 Å². The summed E-state index contributed by atoms with van der Waals surface area (Å²) < 4.78 is 18.8. The number of ether oxygens (including phenoxy) is 1. The van der Waals surface area contributed by atoms with E-state index in [0.29, 0.717) is 22.1 Å². The van der Waals surface area contributed by atoms with Crippen molar-refractivity contribution in [1.29, 1.82) is 0 Å². The maximum Gasteiger partial charge on any atom is 0.132 e. The fourth-order valence-corrected chi connectivity index (χ4v) is 1.88. The van der Waals surface area contributed by atoms with Gasteiger partial charge in [0.15, 0.2) is 0 Å². The van der Waals surface area contributed by atoms with Gasteiger partial charge in [-0.1, -0.05) is 11.6 Å². The number of hydrogen-bond acceptors (Lipinski definition) is 2. The van der Waals surface area contributed by atoms with Crippen LogP contribution >= 0.6 is 11.6 Å². The average Bonchev–Trinajstić information content (AvgIpc) is 2.34. The fourth-order valence-electron chi connectivity index (χ4n) is 1.65. The van der Waals surface area contributed by atoms with Gasteiger partial charge < -0.3 is 10.5 Å². The molecule has 0 radical (unpaired) electrons. The van der Waals surface area contributed by atoms with Crippen LogP contribution in [0.3, 0.4) is 0 Å². The van der Waals surface area contributed by atoms with Crippen molar-refractivity contribution in [3.63, 3.8) is 0 Å². The smallest absolute Gasteiger partial charge is 0.132 e. The predicted octanol–water partition coefficient (Wildman–Crippen LogP) is 4.04. The Hall–Kier alpha value is -1.58. The van der Waals surface area contributed by atoms with Gasteiger partial charge in [0, 0.05) is 17.1 Å². The van der Waals surface area contributed by atoms with Crippen LogP contribution in [0.15, 0.2) is 36.4 Å². The summed E-state index contributed by atoms with van der Waals surface area (Å²) in [5.41, 5.74) is 7.11. The first-order valence-corrected chi connectivity index (χ1v) is 5.90. The Balaban J connectivity index is 2.33. The molecule has 0 unspecified atom stereocenters. The molecule has 0 fully saturated rings. The van der Waals surface area contributed by atoms with E-state index in [1.807, 2.05) is 13.0 Å². The molecule has 0 spiro atoms. The molecule has 0 bridgehead atoms. The van der Waals surface area contributed by atoms with Crippen LogP contribution < -0.4 is 10.5 Å². The average molecular weight is 266 g/mol. The minimum absolute atomic E-state index is 0.222. The van der Waals surface area contributed by atoms with Crippen molar-refractivity contribution >= 4 is 11.6 Å². The molecule has 2 aromatic rings. The van der Waals surface area contributed by atoms with Crippen LogP contribution in [0.4, 0.5) is 4.39 Å². The van der Waals surface area contributed by atoms with E-state index in [1.165, 1.54) is 12.1 Å². The van der Waals surface area contributed by atoms with E-state index in [1.54, 1.807) is 18.2 Å². The van der Waals surface area contributed by atoms with Crippen LogP contribution in [-0.4, -0.2) is 0 Å². The molecule has 0 aliphatic heterocycles. The predicted molar refractivity (Wildman–Crippen MR) is 70.6 cm³/mol. The van der Waals surface area contributed by atoms with Crippen LogP contribution in [0.5, 0.6) is 11.5 Å². The zero-order chi connectivity index (χ0) is 13.1. The molecule has 0 atom stereocenters. The summed E-state index contributed by atoms with van der Waals surface area (Å²) >= 11 is 5.87. The van der Waals surface area contributed by atoms with E-state index < -0.39 is 0 Å². The van der Waals surface area contributed by atoms with E-state index in [-0.39, 0.29) is 12.4 Å². The van der Waals surface area contributed by atoms with E-state index >= 15 is 0 Å². The van der Waals surface area contributed by atoms with Gasteiger partial charge in [-0.3, -0.25) is 0 Å². The second-order valence-corrected chi connectivity index (χ2v) is 4.40. The molecule has 2 nitrogen and oxygen atoms in total. The molecule has 0 heterocycles. The van der Waals surface area contributed by atoms with Gasteiger partial charge in [0.2, 0.25) is 0 Å². The Morgan fingerprint density at radius 3 is 2.56 bits per heavy atom. The quantitative estimate of drug-likeness (QED) is 0.909. The Kier molecular flexibility index (Phi) is 3.84. The first-order valence-electron chi connectivity index (χ1n) is 5.52. The SMILES string of the molecule is Cc1cc(Cl)ccc1Oc1ccc(F)cc1CN. The number of hydrogen-bond donors (Lipinski definition) is 1. The third-order valence-electron chi connectivity index (χ3n) is 2.60. The Morgan fingerprint density at radius 1 is 1.17 bits per heavy atom. The first-order chi connectivity index (χ1) is 8.60. The molecule has 4 heteroatoms. The zero-order valence-electron chi connectivity index (χ0n) is 9.91. The van der Waals surface area contributed by atoms with Gasteiger partial charge >= 0.3 is 0 Å². The van der Waals surface area contributed by atoms with Crippen LogP contribution in [0.2, 0.25) is 5.02 Å². The van der Waals surface area contributed by atoms with Crippen LogP contribution in [0.25, 0.3) is 0 Å². The minimum atomic E-state index is -0.323. The zero-order valence-corrected chi connectivity index (χ0v) is 10.7. The van der Waals surface area contributed by atoms with Crippen molar-refractivity contribution in [2.75, 3.05) is 0 Å². The lowest BCUT2D eigenvalue weighted by molar-refractivity contribution is 0.470. The number of benzene rings is 2. The van der Waals surface area contributed by atoms with E-state index in [9.17, 15) is 4.39 Å². The van der Waals surface area contributed by atoms with Crippen LogP contribution in [0, 0.1) is 12.7 Å². The molecule has 0 aliphatic carbocycles. The van der Waals surface area contributed by atoms with E-state index in [2.05, 4.69) is 0 Å². The van der Waals surface area contributed by atoms with Crippen LogP contribution in [0.1, 0.15) is 11.1 Å². The van der Waals surface area contributed by atoms with Crippen LogP contribution in [-0.2, 0) is 6.54 Å². The van der Waals surface area contributed by atoms with Gasteiger partial charge in [0.05, 0.1) is 0 Å². The molecule has 0 saturated heterocycles. The summed E-state index contributed by atoms with van der Waals surface area (Å²) in [5.74, 6) is 0.917. The Morgan fingerprint density at radius 2 is 1.89 bits per heavy atom. The summed E-state index contributed by atoms with van der Waals surface area (Å²) in [6, 6.07) is 9.63. The molecule has 0 amide bonds. The standard InChI is InChI=1S/C14H13ClFNO/c1-9-6-11(15)2-4-13(9)18-14-5-3-12(16)7-10(14)8-17/h2-7H,8,17H2,1H3. The fraction of sp³-hybridized carbons (Fsp3) is 0.143. The maximum absolute atomic E-state index is 13.1. The van der Waals surface area contributed by atoms with Crippen molar-refractivity contribution in [2.45, 2.75) is 13.5 Å². The van der Waals surface area contributed by atoms with Gasteiger partial charge in [0.25, 0.3) is 0 Å². The molecule has 18 heavy (non-hydrogen) atoms. The van der Waals surface area contributed by atoms with Crippen molar-refractivity contribution in [3.05, 3.63) is 58.4 Å². The molecular weight excluding hydrogens is 253 g/mol. The molecule has 2 aromatic carbocycles. The summed E-state index contributed by atoms with van der Waals surface area (Å²) in [5, 5.41) is 0.651. The summed E-state index contributed by atoms with van der Waals surface area (Å²) in [6.45, 7) is 2.12. The van der Waals surface area contributed by atoms with Gasteiger partial charge in [-0.05, 0) is 48.9 Å². The second kappa shape index (κ2) is 5.38. The summed E-state index contributed by atoms with van der Waals surface area (Å²) in [7, 11) is 0. The minimum Gasteiger partial charge on any atom is -0.457 e. The number of rotatable bonds is 3. The topological polar surface area (TPSA) is 35.2 Å². The molecule has 2 N–H and O–H groups in total. The lowest BCUT2D eigenvalue weighted by Crippen LogP contribution is -2.00. The third kappa shape index (κ3) is 2.81. The van der Waals surface area contributed by atoms with E-state index in [0.717, 1.165) is 5.56 Å². The highest BCUT2D eigenvalue weighted by Crippen LogP contribution is 2.29. The number of halogens is 2. The molecule has 94 valence electrons. The summed E-state index contributed by atoms with van der Waals surface area (Å²) in [6.07, 6.45) is 0. The Bertz CT molecular complexity index is 572. The number of nitrogens with two attached hydrogens (primary N) is 1. The van der Waals surface area contributed by atoms with Crippen molar-refractivity contribution in [1.82, 2.24) is 0 Å². The largest absolute Gasteiger partial charge is 0.457 e. The van der Waals surface area contributed by atoms with Gasteiger partial charge in [-0.25, -0.2) is 4.39 Å². The van der Waals surface area contributed by atoms with Gasteiger partial charge in [-0.2, -0.15) is 0 Å². The normalized spacial score (nSPS) is 10.4. The first kappa shape index (κ1) is 12.9. The van der Waals surface area contributed by atoms with Gasteiger partial charge in [0.1, 0.15) is 17.3 Å². The monoisotopic (exact) mass is 265 g/mol. The molecule has 0 aromatic heterocycles. The lowest BCUT2D eigenvalue weighted by Gasteiger charge is -2.12. The van der Waals surface area contributed by atoms with E-state index in [4.69, 9.17) is 22.1 Å². The second-order valence-electron chi connectivity index (χ2n) is 3.97. The van der Waals surface area contributed by atoms with Gasteiger partial charge in [-0.15, -0.1) is 0 Å². The highest BCUT2D eigenvalue weighted by molar-refractivity contribution is 6.30. The molecule has 0 aliphatic rings. The highest BCUT2D eigenvalue weighted by Gasteiger charge is 2.07. The summed E-state index contributed by atoms with van der Waals surface area (Å²) in [4.78, 5) is 0.